The highest BCUT2D eigenvalue weighted by Gasteiger charge is 2.38. The number of H-pyrrole nitrogens is 1. The number of carbonyl (C=O) groups excluding carboxylic acids is 1. The molecule has 0 aliphatic carbocycles. The normalized spacial score (nSPS) is 17.3. The van der Waals surface area contributed by atoms with Gasteiger partial charge in [-0.3, -0.25) is 4.79 Å². The van der Waals surface area contributed by atoms with E-state index in [2.05, 4.69) is 35.4 Å². The Morgan fingerprint density at radius 3 is 2.91 bits per heavy atom. The molecule has 4 N–H and O–H groups in total. The molecule has 0 spiro atoms. The largest absolute Gasteiger partial charge is 0.381 e. The first-order chi connectivity index (χ1) is 11.2. The third-order valence-electron chi connectivity index (χ3n) is 5.00. The highest BCUT2D eigenvalue weighted by atomic mass is 16.5. The summed E-state index contributed by atoms with van der Waals surface area (Å²) in [6, 6.07) is 6.25. The highest BCUT2D eigenvalue weighted by Crippen LogP contribution is 2.29. The van der Waals surface area contributed by atoms with Gasteiger partial charge in [-0.2, -0.15) is 0 Å². The van der Waals surface area contributed by atoms with Gasteiger partial charge in [0.2, 0.25) is 5.91 Å². The van der Waals surface area contributed by atoms with E-state index in [1.165, 1.54) is 16.5 Å². The number of carbonyl (C=O) groups is 1. The van der Waals surface area contributed by atoms with Gasteiger partial charge in [0, 0.05) is 43.4 Å². The third kappa shape index (κ3) is 3.12. The van der Waals surface area contributed by atoms with Gasteiger partial charge in [-0.25, -0.2) is 0 Å². The van der Waals surface area contributed by atoms with Crippen molar-refractivity contribution in [3.8, 4) is 0 Å². The van der Waals surface area contributed by atoms with Gasteiger partial charge in [0.05, 0.1) is 5.41 Å². The van der Waals surface area contributed by atoms with Gasteiger partial charge < -0.3 is 20.8 Å². The maximum Gasteiger partial charge on any atom is 0.227 e. The molecule has 1 aromatic heterocycles. The van der Waals surface area contributed by atoms with E-state index in [0.717, 1.165) is 11.9 Å². The average molecular weight is 315 g/mol. The second kappa shape index (κ2) is 6.72. The molecule has 1 aliphatic rings. The number of hydrogen-bond acceptors (Lipinski definition) is 3. The molecule has 0 saturated carbocycles. The minimum atomic E-state index is -0.450. The number of benzene rings is 1. The Bertz CT molecular complexity index is 687. The van der Waals surface area contributed by atoms with E-state index < -0.39 is 5.41 Å². The van der Waals surface area contributed by atoms with Gasteiger partial charge in [-0.05, 0) is 43.4 Å². The fraction of sp³-hybridized carbons (Fsp3) is 0.500. The summed E-state index contributed by atoms with van der Waals surface area (Å²) in [6.07, 6.45) is 4.27. The number of hydrogen-bond donors (Lipinski definition) is 3. The summed E-state index contributed by atoms with van der Waals surface area (Å²) in [5.74, 6) is 0.0693. The molecule has 5 nitrogen and oxygen atoms in total. The van der Waals surface area contributed by atoms with E-state index in [9.17, 15) is 4.79 Å². The smallest absolute Gasteiger partial charge is 0.227 e. The number of rotatable bonds is 5. The Labute approximate surface area is 136 Å². The number of aromatic amines is 1. The molecule has 2 aromatic rings. The lowest BCUT2D eigenvalue weighted by Crippen LogP contribution is -2.49. The van der Waals surface area contributed by atoms with Crippen LogP contribution >= 0.6 is 0 Å². The molecule has 124 valence electrons. The molecule has 1 aromatic carbocycles. The molecule has 5 heteroatoms. The number of aromatic nitrogens is 1. The molecule has 1 amide bonds. The van der Waals surface area contributed by atoms with E-state index in [4.69, 9.17) is 10.5 Å². The van der Waals surface area contributed by atoms with E-state index in [1.807, 2.05) is 6.20 Å². The van der Waals surface area contributed by atoms with E-state index in [-0.39, 0.29) is 5.91 Å². The van der Waals surface area contributed by atoms with Crippen molar-refractivity contribution >= 4 is 16.8 Å². The van der Waals surface area contributed by atoms with Crippen LogP contribution in [0.4, 0.5) is 0 Å². The fourth-order valence-corrected chi connectivity index (χ4v) is 3.43. The van der Waals surface area contributed by atoms with Gasteiger partial charge >= 0.3 is 0 Å². The molecule has 3 rings (SSSR count). The zero-order valence-corrected chi connectivity index (χ0v) is 13.7. The zero-order valence-electron chi connectivity index (χ0n) is 13.7. The summed E-state index contributed by atoms with van der Waals surface area (Å²) in [5, 5.41) is 4.34. The Hall–Kier alpha value is -1.85. The van der Waals surface area contributed by atoms with Crippen LogP contribution in [0.1, 0.15) is 24.0 Å². The van der Waals surface area contributed by atoms with Gasteiger partial charge in [-0.15, -0.1) is 0 Å². The summed E-state index contributed by atoms with van der Waals surface area (Å²) in [5.41, 5.74) is 9.08. The van der Waals surface area contributed by atoms with Crippen molar-refractivity contribution in [3.05, 3.63) is 35.5 Å². The first-order valence-electron chi connectivity index (χ1n) is 8.28. The minimum absolute atomic E-state index is 0.0693. The summed E-state index contributed by atoms with van der Waals surface area (Å²) in [4.78, 5) is 15.9. The predicted molar refractivity (Wildman–Crippen MR) is 91.3 cm³/mol. The first-order valence-corrected chi connectivity index (χ1v) is 8.28. The highest BCUT2D eigenvalue weighted by molar-refractivity contribution is 5.86. The van der Waals surface area contributed by atoms with Crippen LogP contribution in [0.2, 0.25) is 0 Å². The topological polar surface area (TPSA) is 80.1 Å². The van der Waals surface area contributed by atoms with Crippen LogP contribution < -0.4 is 11.1 Å². The van der Waals surface area contributed by atoms with E-state index in [0.29, 0.717) is 39.1 Å². The van der Waals surface area contributed by atoms with Crippen LogP contribution in [0.5, 0.6) is 0 Å². The van der Waals surface area contributed by atoms with Crippen LogP contribution in [0, 0.1) is 12.3 Å². The monoisotopic (exact) mass is 315 g/mol. The molecule has 1 saturated heterocycles. The summed E-state index contributed by atoms with van der Waals surface area (Å²) in [7, 11) is 0. The maximum absolute atomic E-state index is 12.6. The van der Waals surface area contributed by atoms with Crippen molar-refractivity contribution in [1.29, 1.82) is 0 Å². The van der Waals surface area contributed by atoms with Crippen molar-refractivity contribution in [2.45, 2.75) is 26.2 Å². The Balaban J connectivity index is 1.63. The standard InChI is InChI=1S/C18H25N3O2/c1-13-3-2-4-15-16(13)14(11-21-15)5-8-20-17(22)18(12-19)6-9-23-10-7-18/h2-4,11,21H,5-10,12,19H2,1H3,(H,20,22). The predicted octanol–water partition coefficient (Wildman–Crippen LogP) is 1.89. The number of aryl methyl sites for hydroxylation is 1. The molecule has 1 aliphatic heterocycles. The number of fused-ring (bicyclic) bond motifs is 1. The average Bonchev–Trinajstić information content (AvgIpc) is 3.00. The van der Waals surface area contributed by atoms with E-state index in [1.54, 1.807) is 0 Å². The van der Waals surface area contributed by atoms with Crippen molar-refractivity contribution < 1.29 is 9.53 Å². The second-order valence-electron chi connectivity index (χ2n) is 6.41. The molecule has 1 fully saturated rings. The summed E-state index contributed by atoms with van der Waals surface area (Å²) in [6.45, 7) is 4.36. The fourth-order valence-electron chi connectivity index (χ4n) is 3.43. The molecule has 0 bridgehead atoms. The maximum atomic E-state index is 12.6. The lowest BCUT2D eigenvalue weighted by molar-refractivity contribution is -0.135. The van der Waals surface area contributed by atoms with Crippen LogP contribution in [0.15, 0.2) is 24.4 Å². The Kier molecular flexibility index (Phi) is 4.68. The number of ether oxygens (including phenoxy) is 1. The van der Waals surface area contributed by atoms with Crippen LogP contribution in [0.3, 0.4) is 0 Å². The molecule has 2 heterocycles. The third-order valence-corrected chi connectivity index (χ3v) is 5.00. The molecular formula is C18H25N3O2. The van der Waals surface area contributed by atoms with Gasteiger partial charge in [0.25, 0.3) is 0 Å². The molecule has 0 radical (unpaired) electrons. The van der Waals surface area contributed by atoms with Crippen LogP contribution in [0.25, 0.3) is 10.9 Å². The minimum Gasteiger partial charge on any atom is -0.381 e. The summed E-state index contributed by atoms with van der Waals surface area (Å²) >= 11 is 0. The SMILES string of the molecule is Cc1cccc2[nH]cc(CCNC(=O)C3(CN)CCOCC3)c12. The quantitative estimate of drug-likeness (QED) is 0.788. The molecular weight excluding hydrogens is 290 g/mol. The van der Waals surface area contributed by atoms with Gasteiger partial charge in [0.1, 0.15) is 0 Å². The Morgan fingerprint density at radius 2 is 2.17 bits per heavy atom. The zero-order chi connectivity index (χ0) is 16.3. The van der Waals surface area contributed by atoms with Gasteiger partial charge in [0.15, 0.2) is 0 Å². The lowest BCUT2D eigenvalue weighted by Gasteiger charge is -2.34. The number of nitrogens with one attached hydrogen (secondary N) is 2. The van der Waals surface area contributed by atoms with Gasteiger partial charge in [-0.1, -0.05) is 12.1 Å². The molecule has 23 heavy (non-hydrogen) atoms. The number of nitrogens with two attached hydrogens (primary N) is 1. The second-order valence-corrected chi connectivity index (χ2v) is 6.41. The van der Waals surface area contributed by atoms with Crippen LogP contribution in [-0.4, -0.2) is 37.2 Å². The number of amides is 1. The van der Waals surface area contributed by atoms with Crippen molar-refractivity contribution in [2.75, 3.05) is 26.3 Å². The van der Waals surface area contributed by atoms with Crippen molar-refractivity contribution in [1.82, 2.24) is 10.3 Å². The van der Waals surface area contributed by atoms with E-state index >= 15 is 0 Å². The summed E-state index contributed by atoms with van der Waals surface area (Å²) < 4.78 is 5.36. The Morgan fingerprint density at radius 1 is 1.39 bits per heavy atom. The van der Waals surface area contributed by atoms with Crippen molar-refractivity contribution in [3.63, 3.8) is 0 Å². The van der Waals surface area contributed by atoms with Crippen molar-refractivity contribution in [2.24, 2.45) is 11.1 Å². The van der Waals surface area contributed by atoms with Crippen LogP contribution in [-0.2, 0) is 16.0 Å². The molecule has 0 atom stereocenters. The first kappa shape index (κ1) is 16.0. The molecule has 0 unspecified atom stereocenters. The lowest BCUT2D eigenvalue weighted by atomic mass is 9.79.